The third kappa shape index (κ3) is 7.67. The Bertz CT molecular complexity index is 1290. The third-order valence-electron chi connectivity index (χ3n) is 6.37. The number of hydrogen-bond acceptors (Lipinski definition) is 7. The second-order valence-corrected chi connectivity index (χ2v) is 11.5. The maximum atomic E-state index is 13.5. The fourth-order valence-electron chi connectivity index (χ4n) is 4.36. The molecule has 0 aliphatic heterocycles. The van der Waals surface area contributed by atoms with Crippen LogP contribution in [-0.4, -0.2) is 71.7 Å². The topological polar surface area (TPSA) is 125 Å². The van der Waals surface area contributed by atoms with Gasteiger partial charge in [-0.25, -0.2) is 0 Å². The SMILES string of the molecule is COc1cc(C=O)cc(I)c1O[C@H]1C=C(C(=O)NCCO)C[C@@H](N(Cc2ccc(Cl)c(Cl)c2)C(=O)C(C)C)[C@@H]1O. The van der Waals surface area contributed by atoms with Crippen LogP contribution in [0.1, 0.15) is 36.2 Å². The summed E-state index contributed by atoms with van der Waals surface area (Å²) in [7, 11) is 1.43. The molecule has 2 amide bonds. The van der Waals surface area contributed by atoms with Gasteiger partial charge in [-0.1, -0.05) is 43.1 Å². The van der Waals surface area contributed by atoms with Crippen LogP contribution in [0.5, 0.6) is 11.5 Å². The Kier molecular flexibility index (Phi) is 11.6. The predicted molar refractivity (Wildman–Crippen MR) is 160 cm³/mol. The maximum Gasteiger partial charge on any atom is 0.247 e. The third-order valence-corrected chi connectivity index (χ3v) is 7.91. The van der Waals surface area contributed by atoms with Crippen molar-refractivity contribution in [1.29, 1.82) is 0 Å². The van der Waals surface area contributed by atoms with Crippen molar-refractivity contribution in [1.82, 2.24) is 10.2 Å². The Hall–Kier alpha value is -2.38. The van der Waals surface area contributed by atoms with Gasteiger partial charge in [-0.2, -0.15) is 0 Å². The molecule has 0 unspecified atom stereocenters. The van der Waals surface area contributed by atoms with Crippen molar-refractivity contribution < 1.29 is 34.1 Å². The lowest BCUT2D eigenvalue weighted by Gasteiger charge is -2.41. The van der Waals surface area contributed by atoms with E-state index in [2.05, 4.69) is 5.32 Å². The molecule has 1 aliphatic carbocycles. The number of carbonyl (C=O) groups excluding carboxylic acids is 3. The molecule has 0 saturated heterocycles. The molecule has 2 aromatic carbocycles. The molecule has 40 heavy (non-hydrogen) atoms. The second kappa shape index (κ2) is 14.5. The van der Waals surface area contributed by atoms with Crippen LogP contribution >= 0.6 is 45.8 Å². The van der Waals surface area contributed by atoms with Crippen LogP contribution in [0, 0.1) is 9.49 Å². The van der Waals surface area contributed by atoms with Gasteiger partial charge in [0.1, 0.15) is 18.5 Å². The van der Waals surface area contributed by atoms with E-state index in [1.54, 1.807) is 38.1 Å². The van der Waals surface area contributed by atoms with Gasteiger partial charge in [-0.15, -0.1) is 0 Å². The molecular formula is C28H31Cl2IN2O7. The fourth-order valence-corrected chi connectivity index (χ4v) is 5.44. The van der Waals surface area contributed by atoms with E-state index < -0.39 is 30.1 Å². The van der Waals surface area contributed by atoms with Crippen molar-refractivity contribution in [3.8, 4) is 11.5 Å². The highest BCUT2D eigenvalue weighted by Crippen LogP contribution is 2.37. The average Bonchev–Trinajstić information content (AvgIpc) is 2.93. The summed E-state index contributed by atoms with van der Waals surface area (Å²) in [5.74, 6) is -0.564. The zero-order chi connectivity index (χ0) is 29.6. The van der Waals surface area contributed by atoms with Gasteiger partial charge in [0.2, 0.25) is 11.8 Å². The monoisotopic (exact) mass is 704 g/mol. The number of methoxy groups -OCH3 is 1. The van der Waals surface area contributed by atoms with Crippen LogP contribution in [0.2, 0.25) is 10.0 Å². The van der Waals surface area contributed by atoms with Crippen LogP contribution in [0.15, 0.2) is 42.0 Å². The molecule has 0 spiro atoms. The molecule has 12 heteroatoms. The first-order valence-electron chi connectivity index (χ1n) is 12.5. The lowest BCUT2D eigenvalue weighted by molar-refractivity contribution is -0.142. The minimum atomic E-state index is -1.24. The first kappa shape index (κ1) is 32.1. The smallest absolute Gasteiger partial charge is 0.247 e. The largest absolute Gasteiger partial charge is 0.493 e. The van der Waals surface area contributed by atoms with Gasteiger partial charge >= 0.3 is 0 Å². The molecule has 0 saturated carbocycles. The summed E-state index contributed by atoms with van der Waals surface area (Å²) >= 11 is 14.3. The van der Waals surface area contributed by atoms with Crippen molar-refractivity contribution in [2.24, 2.45) is 5.92 Å². The zero-order valence-electron chi connectivity index (χ0n) is 22.2. The number of nitrogens with zero attached hydrogens (tertiary/aromatic N) is 1. The molecule has 0 aromatic heterocycles. The number of amides is 2. The summed E-state index contributed by atoms with van der Waals surface area (Å²) in [4.78, 5) is 39.4. The summed E-state index contributed by atoms with van der Waals surface area (Å²) in [6, 6.07) is 7.28. The number of carbonyl (C=O) groups is 3. The van der Waals surface area contributed by atoms with E-state index in [9.17, 15) is 24.6 Å². The molecule has 0 radical (unpaired) electrons. The molecular weight excluding hydrogens is 674 g/mol. The number of benzene rings is 2. The van der Waals surface area contributed by atoms with E-state index in [0.717, 1.165) is 0 Å². The number of aliphatic hydroxyl groups is 2. The Balaban J connectivity index is 2.06. The fraction of sp³-hybridized carbons (Fsp3) is 0.393. The van der Waals surface area contributed by atoms with E-state index in [-0.39, 0.29) is 49.1 Å². The van der Waals surface area contributed by atoms with Crippen molar-refractivity contribution in [3.63, 3.8) is 0 Å². The van der Waals surface area contributed by atoms with Gasteiger partial charge in [-0.3, -0.25) is 14.4 Å². The number of aliphatic hydroxyl groups excluding tert-OH is 2. The number of rotatable bonds is 11. The zero-order valence-corrected chi connectivity index (χ0v) is 25.9. The summed E-state index contributed by atoms with van der Waals surface area (Å²) in [6.45, 7) is 3.38. The van der Waals surface area contributed by atoms with Crippen LogP contribution in [0.3, 0.4) is 0 Å². The van der Waals surface area contributed by atoms with Gasteiger partial charge in [0.05, 0.1) is 33.4 Å². The van der Waals surface area contributed by atoms with Crippen LogP contribution < -0.4 is 14.8 Å². The molecule has 0 fully saturated rings. The maximum absolute atomic E-state index is 13.5. The van der Waals surface area contributed by atoms with Crippen LogP contribution in [0.25, 0.3) is 0 Å². The standard InChI is InChI=1S/C28H31Cl2IN2O7/c1-15(2)28(38)33(13-16-4-5-19(29)20(30)8-16)22-11-18(27(37)32-6-7-34)12-23(25(22)36)40-26-21(31)9-17(14-35)10-24(26)39-3/h4-5,8-10,12,14-15,22-23,25,34,36H,6-7,11,13H2,1-3H3,(H,32,37)/t22-,23+,25+/m1/s1. The normalized spacial score (nSPS) is 18.6. The predicted octanol–water partition coefficient (Wildman–Crippen LogP) is 4.02. The molecule has 1 aliphatic rings. The van der Waals surface area contributed by atoms with Crippen molar-refractivity contribution >= 4 is 63.9 Å². The molecule has 9 nitrogen and oxygen atoms in total. The van der Waals surface area contributed by atoms with E-state index in [4.69, 9.17) is 32.7 Å². The molecule has 3 N–H and O–H groups in total. The Morgan fingerprint density at radius 1 is 1.23 bits per heavy atom. The number of aldehydes is 1. The van der Waals surface area contributed by atoms with Gasteiger partial charge < -0.3 is 29.9 Å². The Labute approximate surface area is 256 Å². The second-order valence-electron chi connectivity index (χ2n) is 9.54. The minimum Gasteiger partial charge on any atom is -0.493 e. The summed E-state index contributed by atoms with van der Waals surface area (Å²) in [6.07, 6.45) is -0.0764. The van der Waals surface area contributed by atoms with E-state index >= 15 is 0 Å². The molecule has 2 aromatic rings. The van der Waals surface area contributed by atoms with Crippen molar-refractivity contribution in [3.05, 3.63) is 66.7 Å². The van der Waals surface area contributed by atoms with E-state index in [1.807, 2.05) is 22.6 Å². The number of nitrogens with one attached hydrogen (secondary N) is 1. The van der Waals surface area contributed by atoms with Crippen molar-refractivity contribution in [2.45, 2.75) is 45.1 Å². The van der Waals surface area contributed by atoms with Crippen LogP contribution in [0.4, 0.5) is 0 Å². The average molecular weight is 705 g/mol. The molecule has 3 atom stereocenters. The van der Waals surface area contributed by atoms with Gasteiger partial charge in [0.25, 0.3) is 0 Å². The minimum absolute atomic E-state index is 0.0334. The number of halogens is 3. The van der Waals surface area contributed by atoms with E-state index in [0.29, 0.717) is 31.0 Å². The highest BCUT2D eigenvalue weighted by atomic mass is 127. The van der Waals surface area contributed by atoms with Gasteiger partial charge in [0.15, 0.2) is 11.5 Å². The molecule has 3 rings (SSSR count). The Morgan fingerprint density at radius 3 is 2.55 bits per heavy atom. The summed E-state index contributed by atoms with van der Waals surface area (Å²) in [5.41, 5.74) is 1.35. The number of ether oxygens (including phenoxy) is 2. The quantitative estimate of drug-likeness (QED) is 0.239. The first-order valence-corrected chi connectivity index (χ1v) is 14.4. The van der Waals surface area contributed by atoms with Gasteiger partial charge in [-0.05, 0) is 58.5 Å². The van der Waals surface area contributed by atoms with Crippen molar-refractivity contribution in [2.75, 3.05) is 20.3 Å². The van der Waals surface area contributed by atoms with Crippen LogP contribution in [-0.2, 0) is 16.1 Å². The lowest BCUT2D eigenvalue weighted by Crippen LogP contribution is -2.55. The first-order chi connectivity index (χ1) is 19.0. The lowest BCUT2D eigenvalue weighted by atomic mass is 9.87. The highest BCUT2D eigenvalue weighted by Gasteiger charge is 2.41. The van der Waals surface area contributed by atoms with E-state index in [1.165, 1.54) is 24.2 Å². The summed E-state index contributed by atoms with van der Waals surface area (Å²) < 4.78 is 12.2. The summed E-state index contributed by atoms with van der Waals surface area (Å²) in [5, 5.41) is 24.1. The molecule has 216 valence electrons. The Morgan fingerprint density at radius 2 is 1.95 bits per heavy atom. The number of hydrogen-bond donors (Lipinski definition) is 3. The molecule has 0 bridgehead atoms. The van der Waals surface area contributed by atoms with Gasteiger partial charge in [0, 0.05) is 36.6 Å². The molecule has 0 heterocycles. The highest BCUT2D eigenvalue weighted by molar-refractivity contribution is 14.1.